The summed E-state index contributed by atoms with van der Waals surface area (Å²) in [6.07, 6.45) is 0.0657. The first-order chi connectivity index (χ1) is 15.6. The number of amides is 1. The van der Waals surface area contributed by atoms with Gasteiger partial charge in [0.25, 0.3) is 0 Å². The molecule has 174 valence electrons. The van der Waals surface area contributed by atoms with Gasteiger partial charge in [-0.3, -0.25) is 9.48 Å². The molecule has 0 radical (unpaired) electrons. The minimum absolute atomic E-state index is 0.0688. The second-order valence-electron chi connectivity index (χ2n) is 7.72. The summed E-state index contributed by atoms with van der Waals surface area (Å²) in [5.74, 6) is 0.0865. The Morgan fingerprint density at radius 3 is 2.73 bits per heavy atom. The molecule has 1 atom stereocenters. The zero-order valence-corrected chi connectivity index (χ0v) is 18.1. The first-order valence-corrected chi connectivity index (χ1v) is 10.1. The molecule has 0 fully saturated rings. The molecule has 12 heteroatoms. The highest BCUT2D eigenvalue weighted by Crippen LogP contribution is 2.35. The molecule has 1 amide bonds. The Hall–Kier alpha value is -3.83. The monoisotopic (exact) mass is 461 g/mol. The fraction of sp³-hybridized carbons (Fsp3) is 0.333. The van der Waals surface area contributed by atoms with Crippen molar-refractivity contribution in [3.05, 3.63) is 53.6 Å². The lowest BCUT2D eigenvalue weighted by atomic mass is 10.1. The lowest BCUT2D eigenvalue weighted by Crippen LogP contribution is -2.44. The molecule has 2 N–H and O–H groups in total. The van der Waals surface area contributed by atoms with Crippen molar-refractivity contribution in [3.63, 3.8) is 0 Å². The highest BCUT2D eigenvalue weighted by molar-refractivity contribution is 6.04. The summed E-state index contributed by atoms with van der Waals surface area (Å²) in [6.45, 7) is 4.48. The number of hydrogen-bond donors (Lipinski definition) is 2. The Balaban J connectivity index is 1.39. The second kappa shape index (κ2) is 8.60. The first-order valence-electron chi connectivity index (χ1n) is 10.1. The van der Waals surface area contributed by atoms with E-state index in [-0.39, 0.29) is 11.9 Å². The van der Waals surface area contributed by atoms with Crippen LogP contribution < -0.4 is 20.3 Å². The number of halogens is 3. The third kappa shape index (κ3) is 5.16. The topological polar surface area (TPSA) is 97.2 Å². The number of pyridine rings is 2. The highest BCUT2D eigenvalue weighted by Gasteiger charge is 2.31. The van der Waals surface area contributed by atoms with Crippen LogP contribution in [0.25, 0.3) is 0 Å². The number of aromatic nitrogens is 4. The van der Waals surface area contributed by atoms with E-state index in [9.17, 15) is 18.0 Å². The molecule has 4 rings (SSSR count). The van der Waals surface area contributed by atoms with E-state index in [0.29, 0.717) is 35.9 Å². The van der Waals surface area contributed by atoms with Gasteiger partial charge in [0.15, 0.2) is 0 Å². The van der Waals surface area contributed by atoms with E-state index < -0.39 is 12.2 Å². The molecule has 0 saturated heterocycles. The molecule has 0 saturated carbocycles. The van der Waals surface area contributed by atoms with E-state index in [1.165, 1.54) is 18.3 Å². The molecular formula is C21H22F3N7O2. The highest BCUT2D eigenvalue weighted by atomic mass is 19.4. The molecule has 33 heavy (non-hydrogen) atoms. The molecule has 0 bridgehead atoms. The van der Waals surface area contributed by atoms with Gasteiger partial charge in [-0.2, -0.15) is 5.10 Å². The van der Waals surface area contributed by atoms with Crippen LogP contribution in [0.4, 0.5) is 30.4 Å². The van der Waals surface area contributed by atoms with Crippen molar-refractivity contribution >= 4 is 23.1 Å². The number of hydrogen-bond acceptors (Lipinski definition) is 7. The Morgan fingerprint density at radius 2 is 2.03 bits per heavy atom. The van der Waals surface area contributed by atoms with Gasteiger partial charge < -0.3 is 20.3 Å². The summed E-state index contributed by atoms with van der Waals surface area (Å²) < 4.78 is 42.2. The van der Waals surface area contributed by atoms with E-state index in [1.54, 1.807) is 10.9 Å². The smallest absolute Gasteiger partial charge is 0.388 e. The van der Waals surface area contributed by atoms with Crippen LogP contribution in [0.5, 0.6) is 5.88 Å². The predicted octanol–water partition coefficient (Wildman–Crippen LogP) is 3.32. The Morgan fingerprint density at radius 1 is 1.24 bits per heavy atom. The third-order valence-corrected chi connectivity index (χ3v) is 5.29. The maximum atomic E-state index is 12.2. The maximum absolute atomic E-state index is 12.2. The summed E-state index contributed by atoms with van der Waals surface area (Å²) in [4.78, 5) is 22.2. The second-order valence-corrected chi connectivity index (χ2v) is 7.72. The lowest BCUT2D eigenvalue weighted by molar-refractivity contribution is -0.276. The largest absolute Gasteiger partial charge is 0.574 e. The van der Waals surface area contributed by atoms with Crippen molar-refractivity contribution < 1.29 is 22.7 Å². The van der Waals surface area contributed by atoms with Crippen LogP contribution in [0.2, 0.25) is 0 Å². The van der Waals surface area contributed by atoms with Crippen molar-refractivity contribution in [2.45, 2.75) is 39.3 Å². The van der Waals surface area contributed by atoms with Gasteiger partial charge in [-0.25, -0.2) is 9.97 Å². The molecule has 3 aromatic heterocycles. The van der Waals surface area contributed by atoms with Gasteiger partial charge in [-0.1, -0.05) is 6.07 Å². The number of nitrogens with one attached hydrogen (secondary N) is 2. The summed E-state index contributed by atoms with van der Waals surface area (Å²) in [6, 6.07) is 4.27. The van der Waals surface area contributed by atoms with Crippen LogP contribution >= 0.6 is 0 Å². The minimum Gasteiger partial charge on any atom is -0.388 e. The van der Waals surface area contributed by atoms with Crippen LogP contribution in [0, 0.1) is 6.92 Å². The summed E-state index contributed by atoms with van der Waals surface area (Å²) in [5, 5.41) is 10.4. The quantitative estimate of drug-likeness (QED) is 0.581. The van der Waals surface area contributed by atoms with Crippen molar-refractivity contribution in [1.29, 1.82) is 0 Å². The average Bonchev–Trinajstić information content (AvgIpc) is 3.19. The van der Waals surface area contributed by atoms with Gasteiger partial charge in [0.05, 0.1) is 29.8 Å². The number of alkyl halides is 3. The lowest BCUT2D eigenvalue weighted by Gasteiger charge is -2.34. The molecule has 4 heterocycles. The average molecular weight is 461 g/mol. The van der Waals surface area contributed by atoms with Gasteiger partial charge in [0.2, 0.25) is 11.8 Å². The fourth-order valence-electron chi connectivity index (χ4n) is 3.44. The van der Waals surface area contributed by atoms with Crippen LogP contribution in [0.3, 0.4) is 0 Å². The number of nitrogens with zero attached hydrogens (tertiary/aromatic N) is 5. The standard InChI is InChI=1S/C21H22F3N7O2/c1-12-19-16(30(3)13(2)20(32)29-19)6-17(28-12)25-8-15-9-27-31(11-15)10-14-4-5-18(26-7-14)33-21(22,23)24/h4-7,9,11,13H,8,10H2,1-3H3,(H,25,28)(H,29,32)/t13-/m0/s1. The predicted molar refractivity (Wildman–Crippen MR) is 115 cm³/mol. The Labute approximate surface area is 187 Å². The Bertz CT molecular complexity index is 1160. The summed E-state index contributed by atoms with van der Waals surface area (Å²) in [5.41, 5.74) is 3.88. The van der Waals surface area contributed by atoms with Crippen LogP contribution in [0.1, 0.15) is 23.7 Å². The molecule has 0 aliphatic carbocycles. The van der Waals surface area contributed by atoms with E-state index in [2.05, 4.69) is 30.4 Å². The number of anilines is 3. The van der Waals surface area contributed by atoms with Crippen LogP contribution in [0.15, 0.2) is 36.8 Å². The Kier molecular flexibility index (Phi) is 5.83. The normalized spacial score (nSPS) is 15.8. The molecule has 3 aromatic rings. The zero-order chi connectivity index (χ0) is 23.8. The molecular weight excluding hydrogens is 439 g/mol. The van der Waals surface area contributed by atoms with Gasteiger partial charge in [0.1, 0.15) is 11.9 Å². The van der Waals surface area contributed by atoms with Gasteiger partial charge in [-0.15, -0.1) is 13.2 Å². The molecule has 1 aliphatic heterocycles. The van der Waals surface area contributed by atoms with Crippen LogP contribution in [-0.4, -0.2) is 45.1 Å². The zero-order valence-electron chi connectivity index (χ0n) is 18.1. The number of aryl methyl sites for hydroxylation is 1. The number of carbonyl (C=O) groups excluding carboxylic acids is 1. The van der Waals surface area contributed by atoms with E-state index >= 15 is 0 Å². The van der Waals surface area contributed by atoms with Crippen molar-refractivity contribution in [2.24, 2.45) is 0 Å². The van der Waals surface area contributed by atoms with Gasteiger partial charge >= 0.3 is 6.36 Å². The number of ether oxygens (including phenoxy) is 1. The third-order valence-electron chi connectivity index (χ3n) is 5.29. The summed E-state index contributed by atoms with van der Waals surface area (Å²) >= 11 is 0. The van der Waals surface area contributed by atoms with Crippen molar-refractivity contribution in [2.75, 3.05) is 22.6 Å². The molecule has 9 nitrogen and oxygen atoms in total. The van der Waals surface area contributed by atoms with Crippen molar-refractivity contribution in [3.8, 4) is 5.88 Å². The molecule has 0 aromatic carbocycles. The first kappa shape index (κ1) is 22.4. The van der Waals surface area contributed by atoms with Gasteiger partial charge in [0, 0.05) is 43.7 Å². The van der Waals surface area contributed by atoms with E-state index in [1.807, 2.05) is 38.1 Å². The van der Waals surface area contributed by atoms with E-state index in [0.717, 1.165) is 11.3 Å². The maximum Gasteiger partial charge on any atom is 0.574 e. The number of likely N-dealkylation sites (N-methyl/N-ethyl adjacent to an activating group) is 1. The number of carbonyl (C=O) groups is 1. The minimum atomic E-state index is -4.77. The van der Waals surface area contributed by atoms with Crippen molar-refractivity contribution in [1.82, 2.24) is 19.7 Å². The molecule has 0 spiro atoms. The number of fused-ring (bicyclic) bond motifs is 1. The molecule has 0 unspecified atom stereocenters. The van der Waals surface area contributed by atoms with Crippen LogP contribution in [-0.2, 0) is 17.9 Å². The van der Waals surface area contributed by atoms with E-state index in [4.69, 9.17) is 0 Å². The fourth-order valence-corrected chi connectivity index (χ4v) is 3.44. The van der Waals surface area contributed by atoms with Gasteiger partial charge in [-0.05, 0) is 19.4 Å². The summed E-state index contributed by atoms with van der Waals surface area (Å²) in [7, 11) is 1.87. The molecule has 1 aliphatic rings. The number of rotatable bonds is 6. The SMILES string of the molecule is Cc1nc(NCc2cnn(Cc3ccc(OC(F)(F)F)nc3)c2)cc2c1NC(=O)[C@H](C)N2C.